The van der Waals surface area contributed by atoms with Gasteiger partial charge in [0.25, 0.3) is 0 Å². The summed E-state index contributed by atoms with van der Waals surface area (Å²) in [6.07, 6.45) is 3.03. The minimum absolute atomic E-state index is 0.252. The molecule has 0 aromatic carbocycles. The fraction of sp³-hybridized carbons (Fsp3) is 0.929. The quantitative estimate of drug-likeness (QED) is 0.753. The second-order valence-corrected chi connectivity index (χ2v) is 5.57. The Kier molecular flexibility index (Phi) is 7.28. The highest BCUT2D eigenvalue weighted by molar-refractivity contribution is 5.76. The second kappa shape index (κ2) is 8.48. The molecule has 0 spiro atoms. The molecular formula is C14H28N2O2. The topological polar surface area (TPSA) is 41.6 Å². The molecule has 1 aliphatic rings. The van der Waals surface area contributed by atoms with Crippen molar-refractivity contribution in [3.05, 3.63) is 0 Å². The summed E-state index contributed by atoms with van der Waals surface area (Å²) in [5.41, 5.74) is 0. The van der Waals surface area contributed by atoms with Crippen molar-refractivity contribution in [3.63, 3.8) is 0 Å². The number of carbonyl (C=O) groups is 1. The number of hydrogen-bond donors (Lipinski definition) is 1. The maximum absolute atomic E-state index is 11.9. The molecule has 0 aromatic heterocycles. The molecule has 1 rings (SSSR count). The van der Waals surface area contributed by atoms with E-state index in [4.69, 9.17) is 4.74 Å². The Morgan fingerprint density at radius 2 is 1.89 bits per heavy atom. The van der Waals surface area contributed by atoms with Crippen LogP contribution in [0.4, 0.5) is 0 Å². The van der Waals surface area contributed by atoms with Crippen LogP contribution in [0.25, 0.3) is 0 Å². The third-order valence-corrected chi connectivity index (χ3v) is 3.37. The first-order valence-corrected chi connectivity index (χ1v) is 7.18. The maximum atomic E-state index is 11.9. The zero-order chi connectivity index (χ0) is 13.4. The summed E-state index contributed by atoms with van der Waals surface area (Å²) in [7, 11) is 0. The van der Waals surface area contributed by atoms with Crippen molar-refractivity contribution in [2.24, 2.45) is 5.92 Å². The largest absolute Gasteiger partial charge is 0.378 e. The summed E-state index contributed by atoms with van der Waals surface area (Å²) in [6.45, 7) is 10.3. The minimum atomic E-state index is 0.252. The van der Waals surface area contributed by atoms with Gasteiger partial charge < -0.3 is 15.0 Å². The molecule has 4 heteroatoms. The lowest BCUT2D eigenvalue weighted by Crippen LogP contribution is -2.42. The number of rotatable bonds is 7. The molecule has 18 heavy (non-hydrogen) atoms. The van der Waals surface area contributed by atoms with Gasteiger partial charge in [0.1, 0.15) is 0 Å². The van der Waals surface area contributed by atoms with Gasteiger partial charge in [-0.25, -0.2) is 0 Å². The molecule has 0 aliphatic carbocycles. The first-order chi connectivity index (χ1) is 8.59. The van der Waals surface area contributed by atoms with Crippen LogP contribution in [0.5, 0.6) is 0 Å². The van der Waals surface area contributed by atoms with Crippen LogP contribution in [0, 0.1) is 5.92 Å². The zero-order valence-corrected chi connectivity index (χ0v) is 12.1. The molecule has 0 bridgehead atoms. The summed E-state index contributed by atoms with van der Waals surface area (Å²) in [5.74, 6) is 1.01. The van der Waals surface area contributed by atoms with Crippen molar-refractivity contribution in [1.82, 2.24) is 10.2 Å². The fourth-order valence-corrected chi connectivity index (χ4v) is 2.08. The standard InChI is InChI=1S/C14H28N2O2/c1-12(2)4-5-13(3)15-7-6-14(17)16-8-10-18-11-9-16/h12-13,15H,4-11H2,1-3H3. The molecular weight excluding hydrogens is 228 g/mol. The summed E-state index contributed by atoms with van der Waals surface area (Å²) >= 11 is 0. The molecule has 1 heterocycles. The van der Waals surface area contributed by atoms with Gasteiger partial charge in [-0.15, -0.1) is 0 Å². The van der Waals surface area contributed by atoms with E-state index in [1.54, 1.807) is 0 Å². The molecule has 0 saturated carbocycles. The Morgan fingerprint density at radius 1 is 1.22 bits per heavy atom. The summed E-state index contributed by atoms with van der Waals surface area (Å²) in [4.78, 5) is 13.8. The van der Waals surface area contributed by atoms with Gasteiger partial charge in [-0.05, 0) is 25.7 Å². The summed E-state index contributed by atoms with van der Waals surface area (Å²) in [5, 5.41) is 3.43. The molecule has 1 fully saturated rings. The summed E-state index contributed by atoms with van der Waals surface area (Å²) in [6, 6.07) is 0.505. The molecule has 4 nitrogen and oxygen atoms in total. The lowest BCUT2D eigenvalue weighted by atomic mass is 10.0. The zero-order valence-electron chi connectivity index (χ0n) is 12.1. The highest BCUT2D eigenvalue weighted by atomic mass is 16.5. The van der Waals surface area contributed by atoms with E-state index in [9.17, 15) is 4.79 Å². The van der Waals surface area contributed by atoms with E-state index in [-0.39, 0.29) is 5.91 Å². The number of nitrogens with zero attached hydrogens (tertiary/aromatic N) is 1. The summed E-state index contributed by atoms with van der Waals surface area (Å²) < 4.78 is 5.24. The van der Waals surface area contributed by atoms with E-state index in [0.717, 1.165) is 25.6 Å². The average molecular weight is 256 g/mol. The van der Waals surface area contributed by atoms with E-state index in [1.807, 2.05) is 4.90 Å². The number of nitrogens with one attached hydrogen (secondary N) is 1. The molecule has 0 aromatic rings. The van der Waals surface area contributed by atoms with Crippen LogP contribution in [0.3, 0.4) is 0 Å². The van der Waals surface area contributed by atoms with Crippen molar-refractivity contribution in [3.8, 4) is 0 Å². The van der Waals surface area contributed by atoms with Crippen molar-refractivity contribution >= 4 is 5.91 Å². The smallest absolute Gasteiger partial charge is 0.224 e. The third-order valence-electron chi connectivity index (χ3n) is 3.37. The highest BCUT2D eigenvalue weighted by Crippen LogP contribution is 2.06. The molecule has 1 atom stereocenters. The van der Waals surface area contributed by atoms with E-state index in [1.165, 1.54) is 12.8 Å². The highest BCUT2D eigenvalue weighted by Gasteiger charge is 2.16. The van der Waals surface area contributed by atoms with E-state index >= 15 is 0 Å². The number of morpholine rings is 1. The second-order valence-electron chi connectivity index (χ2n) is 5.57. The van der Waals surface area contributed by atoms with E-state index in [0.29, 0.717) is 25.7 Å². The number of amides is 1. The Labute approximate surface area is 111 Å². The SMILES string of the molecule is CC(C)CCC(C)NCCC(=O)N1CCOCC1. The van der Waals surface area contributed by atoms with Crippen molar-refractivity contribution in [2.75, 3.05) is 32.8 Å². The molecule has 1 saturated heterocycles. The lowest BCUT2D eigenvalue weighted by molar-refractivity contribution is -0.135. The van der Waals surface area contributed by atoms with Gasteiger partial charge in [0.2, 0.25) is 5.91 Å². The van der Waals surface area contributed by atoms with Crippen LogP contribution >= 0.6 is 0 Å². The Bertz CT molecular complexity index is 238. The maximum Gasteiger partial charge on any atom is 0.224 e. The van der Waals surface area contributed by atoms with Crippen molar-refractivity contribution in [1.29, 1.82) is 0 Å². The van der Waals surface area contributed by atoms with Gasteiger partial charge in [-0.3, -0.25) is 4.79 Å². The lowest BCUT2D eigenvalue weighted by Gasteiger charge is -2.27. The van der Waals surface area contributed by atoms with Crippen LogP contribution in [-0.2, 0) is 9.53 Å². The predicted octanol–water partition coefficient (Wildman–Crippen LogP) is 1.65. The Hall–Kier alpha value is -0.610. The van der Waals surface area contributed by atoms with Gasteiger partial charge in [-0.1, -0.05) is 13.8 Å². The number of hydrogen-bond acceptors (Lipinski definition) is 3. The van der Waals surface area contributed by atoms with Gasteiger partial charge in [0.15, 0.2) is 0 Å². The van der Waals surface area contributed by atoms with Crippen molar-refractivity contribution < 1.29 is 9.53 Å². The van der Waals surface area contributed by atoms with Gasteiger partial charge in [0, 0.05) is 32.1 Å². The molecule has 106 valence electrons. The Balaban J connectivity index is 2.07. The predicted molar refractivity (Wildman–Crippen MR) is 73.6 cm³/mol. The van der Waals surface area contributed by atoms with Crippen LogP contribution in [-0.4, -0.2) is 49.7 Å². The van der Waals surface area contributed by atoms with Crippen LogP contribution in [0.1, 0.15) is 40.0 Å². The number of carbonyl (C=O) groups excluding carboxylic acids is 1. The Morgan fingerprint density at radius 3 is 2.50 bits per heavy atom. The molecule has 1 aliphatic heterocycles. The van der Waals surface area contributed by atoms with E-state index < -0.39 is 0 Å². The third kappa shape index (κ3) is 6.36. The minimum Gasteiger partial charge on any atom is -0.378 e. The fourth-order valence-electron chi connectivity index (χ4n) is 2.08. The first-order valence-electron chi connectivity index (χ1n) is 7.18. The van der Waals surface area contributed by atoms with Gasteiger partial charge >= 0.3 is 0 Å². The molecule has 1 N–H and O–H groups in total. The monoisotopic (exact) mass is 256 g/mol. The molecule has 1 unspecified atom stereocenters. The van der Waals surface area contributed by atoms with E-state index in [2.05, 4.69) is 26.1 Å². The van der Waals surface area contributed by atoms with Gasteiger partial charge in [0.05, 0.1) is 13.2 Å². The number of ether oxygens (including phenoxy) is 1. The average Bonchev–Trinajstić information content (AvgIpc) is 2.37. The first kappa shape index (κ1) is 15.4. The molecule has 0 radical (unpaired) electrons. The van der Waals surface area contributed by atoms with Crippen LogP contribution < -0.4 is 5.32 Å². The molecule has 1 amide bonds. The normalized spacial score (nSPS) is 18.1. The van der Waals surface area contributed by atoms with Crippen LogP contribution in [0.15, 0.2) is 0 Å². The van der Waals surface area contributed by atoms with Crippen LogP contribution in [0.2, 0.25) is 0 Å². The van der Waals surface area contributed by atoms with Gasteiger partial charge in [-0.2, -0.15) is 0 Å². The van der Waals surface area contributed by atoms with Crippen molar-refractivity contribution in [2.45, 2.75) is 46.1 Å².